The summed E-state index contributed by atoms with van der Waals surface area (Å²) in [5.74, 6) is 0. The molecule has 12 heavy (non-hydrogen) atoms. The second-order valence-electron chi connectivity index (χ2n) is 3.04. The van der Waals surface area contributed by atoms with Crippen LogP contribution in [0.2, 0.25) is 0 Å². The monoisotopic (exact) mass is 250 g/mol. The van der Waals surface area contributed by atoms with E-state index in [4.69, 9.17) is 4.74 Å². The van der Waals surface area contributed by atoms with E-state index in [0.29, 0.717) is 5.19 Å². The smallest absolute Gasteiger partial charge is 0.295 e. The third-order valence-electron chi connectivity index (χ3n) is 1.60. The van der Waals surface area contributed by atoms with Gasteiger partial charge in [-0.3, -0.25) is 0 Å². The number of nitrogens with zero attached hydrogens (tertiary/aromatic N) is 2. The van der Waals surface area contributed by atoms with E-state index in [1.54, 1.807) is 0 Å². The molecule has 1 heterocycles. The van der Waals surface area contributed by atoms with E-state index in [1.807, 2.05) is 13.8 Å². The number of rotatable bonds is 3. The zero-order chi connectivity index (χ0) is 9.19. The fraction of sp³-hybridized carbons (Fsp3) is 0.714. The average Bonchev–Trinajstić information content (AvgIpc) is 2.35. The van der Waals surface area contributed by atoms with Crippen molar-refractivity contribution in [2.75, 3.05) is 0 Å². The molecule has 0 saturated carbocycles. The van der Waals surface area contributed by atoms with Crippen LogP contribution in [-0.2, 0) is 0 Å². The van der Waals surface area contributed by atoms with Crippen LogP contribution in [0.15, 0.2) is 3.92 Å². The van der Waals surface area contributed by atoms with Crippen LogP contribution in [0.3, 0.4) is 0 Å². The third-order valence-corrected chi connectivity index (χ3v) is 2.83. The van der Waals surface area contributed by atoms with Crippen LogP contribution in [0.1, 0.15) is 27.2 Å². The molecule has 0 radical (unpaired) electrons. The number of hydrogen-bond acceptors (Lipinski definition) is 4. The predicted octanol–water partition coefficient (Wildman–Crippen LogP) is 2.87. The van der Waals surface area contributed by atoms with Gasteiger partial charge in [-0.1, -0.05) is 12.0 Å². The van der Waals surface area contributed by atoms with Gasteiger partial charge in [-0.15, -0.1) is 5.10 Å². The summed E-state index contributed by atoms with van der Waals surface area (Å²) < 4.78 is 6.34. The number of halogens is 1. The summed E-state index contributed by atoms with van der Waals surface area (Å²) in [5, 5.41) is 8.26. The van der Waals surface area contributed by atoms with E-state index in [0.717, 1.165) is 10.3 Å². The Balaban J connectivity index is 2.63. The summed E-state index contributed by atoms with van der Waals surface area (Å²) in [6.07, 6.45) is 0.949. The Bertz CT molecular complexity index is 262. The van der Waals surface area contributed by atoms with Gasteiger partial charge >= 0.3 is 0 Å². The average molecular weight is 251 g/mol. The van der Waals surface area contributed by atoms with Crippen LogP contribution >= 0.6 is 27.3 Å². The van der Waals surface area contributed by atoms with Gasteiger partial charge in [0.1, 0.15) is 5.60 Å². The van der Waals surface area contributed by atoms with Crippen LogP contribution in [0, 0.1) is 0 Å². The van der Waals surface area contributed by atoms with Crippen molar-refractivity contribution in [2.24, 2.45) is 0 Å². The Morgan fingerprint density at radius 1 is 1.50 bits per heavy atom. The topological polar surface area (TPSA) is 35.0 Å². The molecule has 0 N–H and O–H groups in total. The van der Waals surface area contributed by atoms with E-state index in [1.165, 1.54) is 11.3 Å². The fourth-order valence-corrected chi connectivity index (χ4v) is 1.61. The van der Waals surface area contributed by atoms with Gasteiger partial charge in [0.15, 0.2) is 3.92 Å². The van der Waals surface area contributed by atoms with E-state index >= 15 is 0 Å². The van der Waals surface area contributed by atoms with Gasteiger partial charge in [0.2, 0.25) is 0 Å². The van der Waals surface area contributed by atoms with E-state index in [-0.39, 0.29) is 5.60 Å². The Hall–Kier alpha value is -0.160. The summed E-state index contributed by atoms with van der Waals surface area (Å²) in [5.41, 5.74) is -0.154. The normalized spacial score (nSPS) is 11.7. The lowest BCUT2D eigenvalue weighted by Gasteiger charge is -2.21. The molecule has 0 aromatic carbocycles. The SMILES string of the molecule is CCC(C)(C)Oc1nnc(Br)s1. The summed E-state index contributed by atoms with van der Waals surface area (Å²) in [4.78, 5) is 0. The molecule has 3 nitrogen and oxygen atoms in total. The maximum absolute atomic E-state index is 5.59. The number of ether oxygens (including phenoxy) is 1. The highest BCUT2D eigenvalue weighted by Crippen LogP contribution is 2.26. The van der Waals surface area contributed by atoms with Gasteiger partial charge in [-0.25, -0.2) is 0 Å². The summed E-state index contributed by atoms with van der Waals surface area (Å²) >= 11 is 4.63. The van der Waals surface area contributed by atoms with Gasteiger partial charge in [-0.05, 0) is 47.5 Å². The first-order valence-corrected chi connectivity index (χ1v) is 5.32. The first-order chi connectivity index (χ1) is 5.53. The minimum Gasteiger partial charge on any atom is -0.463 e. The van der Waals surface area contributed by atoms with Crippen molar-refractivity contribution >= 4 is 27.3 Å². The number of hydrogen-bond donors (Lipinski definition) is 0. The van der Waals surface area contributed by atoms with Crippen LogP contribution in [0.4, 0.5) is 0 Å². The molecule has 0 unspecified atom stereocenters. The molecule has 0 spiro atoms. The van der Waals surface area contributed by atoms with Crippen molar-refractivity contribution in [3.05, 3.63) is 3.92 Å². The largest absolute Gasteiger partial charge is 0.463 e. The molecule has 0 bridgehead atoms. The Morgan fingerprint density at radius 2 is 2.17 bits per heavy atom. The maximum atomic E-state index is 5.59. The van der Waals surface area contributed by atoms with Gasteiger partial charge in [0, 0.05) is 0 Å². The molecule has 0 atom stereocenters. The lowest BCUT2D eigenvalue weighted by molar-refractivity contribution is 0.104. The third kappa shape index (κ3) is 2.71. The molecule has 1 rings (SSSR count). The minimum atomic E-state index is -0.154. The van der Waals surface area contributed by atoms with Gasteiger partial charge in [0.05, 0.1) is 0 Å². The van der Waals surface area contributed by atoms with Crippen molar-refractivity contribution in [2.45, 2.75) is 32.8 Å². The first-order valence-electron chi connectivity index (χ1n) is 3.71. The zero-order valence-corrected chi connectivity index (χ0v) is 9.70. The van der Waals surface area contributed by atoms with Crippen LogP contribution in [0.25, 0.3) is 0 Å². The highest BCUT2D eigenvalue weighted by Gasteiger charge is 2.18. The van der Waals surface area contributed by atoms with E-state index in [2.05, 4.69) is 33.1 Å². The standard InChI is InChI=1S/C7H11BrN2OS/c1-4-7(2,3)11-6-10-9-5(8)12-6/h4H2,1-3H3. The van der Waals surface area contributed by atoms with Crippen molar-refractivity contribution in [3.8, 4) is 5.19 Å². The molecule has 5 heteroatoms. The number of aromatic nitrogens is 2. The molecule has 68 valence electrons. The second kappa shape index (κ2) is 3.70. The van der Waals surface area contributed by atoms with Crippen molar-refractivity contribution in [3.63, 3.8) is 0 Å². The molecule has 0 fully saturated rings. The quantitative estimate of drug-likeness (QED) is 0.828. The lowest BCUT2D eigenvalue weighted by Crippen LogP contribution is -2.26. The molecular formula is C7H11BrN2OS. The molecule has 1 aromatic heterocycles. The van der Waals surface area contributed by atoms with Crippen LogP contribution in [-0.4, -0.2) is 15.8 Å². The highest BCUT2D eigenvalue weighted by molar-refractivity contribution is 9.11. The maximum Gasteiger partial charge on any atom is 0.295 e. The second-order valence-corrected chi connectivity index (χ2v) is 5.25. The summed E-state index contributed by atoms with van der Waals surface area (Å²) in [6, 6.07) is 0. The first kappa shape index (κ1) is 9.92. The Labute approximate surface area is 84.3 Å². The molecule has 0 aliphatic rings. The van der Waals surface area contributed by atoms with Crippen molar-refractivity contribution in [1.82, 2.24) is 10.2 Å². The minimum absolute atomic E-state index is 0.154. The van der Waals surface area contributed by atoms with Gasteiger partial charge < -0.3 is 4.74 Å². The highest BCUT2D eigenvalue weighted by atomic mass is 79.9. The van der Waals surface area contributed by atoms with E-state index < -0.39 is 0 Å². The Morgan fingerprint density at radius 3 is 2.58 bits per heavy atom. The Kier molecular flexibility index (Phi) is 3.06. The van der Waals surface area contributed by atoms with E-state index in [9.17, 15) is 0 Å². The molecule has 1 aromatic rings. The lowest BCUT2D eigenvalue weighted by atomic mass is 10.1. The summed E-state index contributed by atoms with van der Waals surface area (Å²) in [7, 11) is 0. The molecular weight excluding hydrogens is 240 g/mol. The van der Waals surface area contributed by atoms with Crippen LogP contribution < -0.4 is 4.74 Å². The van der Waals surface area contributed by atoms with Crippen molar-refractivity contribution in [1.29, 1.82) is 0 Å². The molecule has 0 aliphatic heterocycles. The van der Waals surface area contributed by atoms with Gasteiger partial charge in [0.25, 0.3) is 5.19 Å². The van der Waals surface area contributed by atoms with Gasteiger partial charge in [-0.2, -0.15) is 0 Å². The zero-order valence-electron chi connectivity index (χ0n) is 7.30. The van der Waals surface area contributed by atoms with Crippen LogP contribution in [0.5, 0.6) is 5.19 Å². The van der Waals surface area contributed by atoms with Crippen molar-refractivity contribution < 1.29 is 4.74 Å². The summed E-state index contributed by atoms with van der Waals surface area (Å²) in [6.45, 7) is 6.14. The molecule has 0 saturated heterocycles. The predicted molar refractivity (Wildman–Crippen MR) is 52.6 cm³/mol. The molecule has 0 amide bonds. The molecule has 0 aliphatic carbocycles. The fourth-order valence-electron chi connectivity index (χ4n) is 0.543.